The predicted molar refractivity (Wildman–Crippen MR) is 67.4 cm³/mol. The smallest absolute Gasteiger partial charge is 0.212 e. The minimum atomic E-state index is 0.346. The SMILES string of the molecule is COc1ccc(-c2ccc(C)c(O)c2C)cn1. The number of aromatic nitrogens is 1. The largest absolute Gasteiger partial charge is 0.507 e. The van der Waals surface area contributed by atoms with Crippen molar-refractivity contribution in [3.8, 4) is 22.8 Å². The molecule has 3 heteroatoms. The Hall–Kier alpha value is -2.03. The molecule has 0 unspecified atom stereocenters. The van der Waals surface area contributed by atoms with Gasteiger partial charge < -0.3 is 9.84 Å². The summed E-state index contributed by atoms with van der Waals surface area (Å²) in [6.45, 7) is 3.79. The maximum atomic E-state index is 9.90. The summed E-state index contributed by atoms with van der Waals surface area (Å²) in [4.78, 5) is 4.16. The number of phenols is 1. The Morgan fingerprint density at radius 1 is 1.12 bits per heavy atom. The summed E-state index contributed by atoms with van der Waals surface area (Å²) in [5, 5.41) is 9.90. The number of benzene rings is 1. The van der Waals surface area contributed by atoms with E-state index in [1.807, 2.05) is 38.1 Å². The average molecular weight is 229 g/mol. The molecular formula is C14H15NO2. The van der Waals surface area contributed by atoms with Crippen LogP contribution < -0.4 is 4.74 Å². The summed E-state index contributed by atoms with van der Waals surface area (Å²) in [5.74, 6) is 0.932. The summed E-state index contributed by atoms with van der Waals surface area (Å²) in [7, 11) is 1.59. The summed E-state index contributed by atoms with van der Waals surface area (Å²) in [5.41, 5.74) is 3.71. The summed E-state index contributed by atoms with van der Waals surface area (Å²) >= 11 is 0. The van der Waals surface area contributed by atoms with Crippen LogP contribution >= 0.6 is 0 Å². The van der Waals surface area contributed by atoms with Crippen molar-refractivity contribution >= 4 is 0 Å². The van der Waals surface area contributed by atoms with Gasteiger partial charge in [0, 0.05) is 17.8 Å². The molecule has 2 rings (SSSR count). The molecule has 0 aliphatic rings. The van der Waals surface area contributed by atoms with Gasteiger partial charge in [-0.05, 0) is 36.6 Å². The molecule has 2 aromatic rings. The molecule has 0 bridgehead atoms. The van der Waals surface area contributed by atoms with Crippen molar-refractivity contribution in [2.24, 2.45) is 0 Å². The van der Waals surface area contributed by atoms with E-state index in [9.17, 15) is 5.11 Å². The standard InChI is InChI=1S/C14H15NO2/c1-9-4-6-12(10(2)14(9)16)11-5-7-13(17-3)15-8-11/h4-8,16H,1-3H3. The number of ether oxygens (including phenoxy) is 1. The van der Waals surface area contributed by atoms with Crippen molar-refractivity contribution in [3.05, 3.63) is 41.6 Å². The van der Waals surface area contributed by atoms with Gasteiger partial charge in [0.1, 0.15) is 5.75 Å². The van der Waals surface area contributed by atoms with E-state index in [0.717, 1.165) is 22.3 Å². The first kappa shape index (κ1) is 11.5. The molecule has 0 aliphatic carbocycles. The molecule has 0 atom stereocenters. The zero-order chi connectivity index (χ0) is 12.4. The molecule has 1 aromatic heterocycles. The fourth-order valence-electron chi connectivity index (χ4n) is 1.81. The van der Waals surface area contributed by atoms with Gasteiger partial charge in [0.25, 0.3) is 0 Å². The molecular weight excluding hydrogens is 214 g/mol. The zero-order valence-corrected chi connectivity index (χ0v) is 10.2. The maximum absolute atomic E-state index is 9.90. The lowest BCUT2D eigenvalue weighted by atomic mass is 9.99. The third-order valence-corrected chi connectivity index (χ3v) is 2.89. The molecule has 0 spiro atoms. The van der Waals surface area contributed by atoms with Crippen molar-refractivity contribution < 1.29 is 9.84 Å². The molecule has 0 radical (unpaired) electrons. The summed E-state index contributed by atoms with van der Waals surface area (Å²) in [6, 6.07) is 7.64. The van der Waals surface area contributed by atoms with Gasteiger partial charge in [0.05, 0.1) is 7.11 Å². The van der Waals surface area contributed by atoms with Gasteiger partial charge in [-0.15, -0.1) is 0 Å². The van der Waals surface area contributed by atoms with Crippen molar-refractivity contribution in [1.29, 1.82) is 0 Å². The highest BCUT2D eigenvalue weighted by atomic mass is 16.5. The molecule has 1 heterocycles. The Bertz CT molecular complexity index is 533. The molecule has 17 heavy (non-hydrogen) atoms. The van der Waals surface area contributed by atoms with Crippen molar-refractivity contribution in [2.75, 3.05) is 7.11 Å². The van der Waals surface area contributed by atoms with Crippen LogP contribution in [0.5, 0.6) is 11.6 Å². The number of nitrogens with zero attached hydrogens (tertiary/aromatic N) is 1. The minimum absolute atomic E-state index is 0.346. The van der Waals surface area contributed by atoms with Gasteiger partial charge in [-0.3, -0.25) is 0 Å². The van der Waals surface area contributed by atoms with Gasteiger partial charge in [-0.2, -0.15) is 0 Å². The monoisotopic (exact) mass is 229 g/mol. The second-order valence-electron chi connectivity index (χ2n) is 3.99. The lowest BCUT2D eigenvalue weighted by Crippen LogP contribution is -1.90. The normalized spacial score (nSPS) is 10.3. The molecule has 0 aliphatic heterocycles. The van der Waals surface area contributed by atoms with Crippen molar-refractivity contribution in [1.82, 2.24) is 4.98 Å². The minimum Gasteiger partial charge on any atom is -0.507 e. The highest BCUT2D eigenvalue weighted by molar-refractivity contribution is 5.70. The Kier molecular flexibility index (Phi) is 3.00. The Balaban J connectivity index is 2.49. The third kappa shape index (κ3) is 2.09. The van der Waals surface area contributed by atoms with Crippen LogP contribution in [0, 0.1) is 13.8 Å². The van der Waals surface area contributed by atoms with Crippen LogP contribution in [0.1, 0.15) is 11.1 Å². The van der Waals surface area contributed by atoms with Crippen LogP contribution in [0.3, 0.4) is 0 Å². The van der Waals surface area contributed by atoms with Gasteiger partial charge in [-0.1, -0.05) is 12.1 Å². The lowest BCUT2D eigenvalue weighted by Gasteiger charge is -2.10. The van der Waals surface area contributed by atoms with Crippen molar-refractivity contribution in [3.63, 3.8) is 0 Å². The van der Waals surface area contributed by atoms with Crippen LogP contribution in [0.25, 0.3) is 11.1 Å². The molecule has 88 valence electrons. The topological polar surface area (TPSA) is 42.4 Å². The van der Waals surface area contributed by atoms with E-state index in [4.69, 9.17) is 4.74 Å². The molecule has 1 aromatic carbocycles. The molecule has 1 N–H and O–H groups in total. The maximum Gasteiger partial charge on any atom is 0.212 e. The number of hydrogen-bond acceptors (Lipinski definition) is 3. The second-order valence-corrected chi connectivity index (χ2v) is 3.99. The van der Waals surface area contributed by atoms with Crippen LogP contribution in [0.15, 0.2) is 30.5 Å². The fraction of sp³-hybridized carbons (Fsp3) is 0.214. The van der Waals surface area contributed by atoms with E-state index in [-0.39, 0.29) is 0 Å². The highest BCUT2D eigenvalue weighted by Crippen LogP contribution is 2.31. The van der Waals surface area contributed by atoms with Gasteiger partial charge >= 0.3 is 0 Å². The van der Waals surface area contributed by atoms with Crippen molar-refractivity contribution in [2.45, 2.75) is 13.8 Å². The summed E-state index contributed by atoms with van der Waals surface area (Å²) in [6.07, 6.45) is 1.75. The van der Waals surface area contributed by atoms with Crippen LogP contribution in [0.2, 0.25) is 0 Å². The number of rotatable bonds is 2. The molecule has 0 saturated heterocycles. The average Bonchev–Trinajstić information content (AvgIpc) is 2.36. The first-order valence-corrected chi connectivity index (χ1v) is 5.43. The third-order valence-electron chi connectivity index (χ3n) is 2.89. The highest BCUT2D eigenvalue weighted by Gasteiger charge is 2.08. The molecule has 0 amide bonds. The van der Waals surface area contributed by atoms with E-state index in [1.54, 1.807) is 13.3 Å². The van der Waals surface area contributed by atoms with E-state index in [2.05, 4.69) is 4.98 Å². The fourth-order valence-corrected chi connectivity index (χ4v) is 1.81. The van der Waals surface area contributed by atoms with E-state index in [0.29, 0.717) is 11.6 Å². The Morgan fingerprint density at radius 2 is 1.88 bits per heavy atom. The molecule has 0 fully saturated rings. The van der Waals surface area contributed by atoms with E-state index < -0.39 is 0 Å². The van der Waals surface area contributed by atoms with Crippen LogP contribution in [-0.2, 0) is 0 Å². The molecule has 0 saturated carbocycles. The number of aryl methyl sites for hydroxylation is 1. The summed E-state index contributed by atoms with van der Waals surface area (Å²) < 4.78 is 5.02. The van der Waals surface area contributed by atoms with Gasteiger partial charge in [0.15, 0.2) is 0 Å². The van der Waals surface area contributed by atoms with Gasteiger partial charge in [0.2, 0.25) is 5.88 Å². The first-order chi connectivity index (χ1) is 8.13. The zero-order valence-electron chi connectivity index (χ0n) is 10.2. The van der Waals surface area contributed by atoms with Gasteiger partial charge in [-0.25, -0.2) is 4.98 Å². The van der Waals surface area contributed by atoms with E-state index in [1.165, 1.54) is 0 Å². The number of hydrogen-bond donors (Lipinski definition) is 1. The molecule has 3 nitrogen and oxygen atoms in total. The second kappa shape index (κ2) is 4.45. The van der Waals surface area contributed by atoms with Crippen LogP contribution in [-0.4, -0.2) is 17.2 Å². The predicted octanol–water partition coefficient (Wildman–Crippen LogP) is 3.08. The number of pyridine rings is 1. The number of phenolic OH excluding ortho intramolecular Hbond substituents is 1. The number of aromatic hydroxyl groups is 1. The lowest BCUT2D eigenvalue weighted by molar-refractivity contribution is 0.398. The van der Waals surface area contributed by atoms with Crippen LogP contribution in [0.4, 0.5) is 0 Å². The Morgan fingerprint density at radius 3 is 2.47 bits per heavy atom. The van der Waals surface area contributed by atoms with E-state index >= 15 is 0 Å². The quantitative estimate of drug-likeness (QED) is 0.860. The Labute approximate surface area is 101 Å². The number of methoxy groups -OCH3 is 1. The first-order valence-electron chi connectivity index (χ1n) is 5.43.